The Morgan fingerprint density at radius 3 is 1.37 bits per heavy atom. The van der Waals surface area contributed by atoms with Crippen molar-refractivity contribution < 1.29 is 174 Å². The third-order valence-electron chi connectivity index (χ3n) is 24.3. The third kappa shape index (κ3) is 14.8. The summed E-state index contributed by atoms with van der Waals surface area (Å²) >= 11 is 0. The van der Waals surface area contributed by atoms with Gasteiger partial charge in [0, 0.05) is 22.2 Å². The molecule has 0 amide bonds. The summed E-state index contributed by atoms with van der Waals surface area (Å²) < 4.78 is 71.1. The number of allylic oxidation sites excluding steroid dienone is 1. The molecule has 580 valence electrons. The van der Waals surface area contributed by atoms with E-state index in [0.717, 1.165) is 5.57 Å². The average Bonchev–Trinajstić information content (AvgIpc) is 1.45. The monoisotopic (exact) mass is 1450 g/mol. The zero-order chi connectivity index (χ0) is 73.5. The van der Waals surface area contributed by atoms with Gasteiger partial charge in [0.2, 0.25) is 0 Å². The molecule has 10 rings (SSSR count). The van der Waals surface area contributed by atoms with Crippen LogP contribution in [-0.2, 0) is 56.8 Å². The van der Waals surface area contributed by atoms with Crippen molar-refractivity contribution in [2.75, 3.05) is 39.6 Å². The number of hydrogen-bond acceptors (Lipinski definition) is 35. The van der Waals surface area contributed by atoms with Gasteiger partial charge in [-0.15, -0.1) is 0 Å². The normalized spacial score (nSPS) is 52.1. The average molecular weight is 1450 g/mol. The van der Waals surface area contributed by atoms with Crippen LogP contribution < -0.4 is 0 Å². The molecule has 9 fully saturated rings. The first-order chi connectivity index (χ1) is 46.9. The van der Waals surface area contributed by atoms with Crippen LogP contribution in [0, 0.1) is 39.9 Å². The molecule has 0 aromatic carbocycles. The Labute approximate surface area is 577 Å². The van der Waals surface area contributed by atoms with Crippen molar-refractivity contribution in [2.24, 2.45) is 39.9 Å². The number of hydrogen-bond donors (Lipinski definition) is 23. The maximum absolute atomic E-state index is 13.5. The highest BCUT2D eigenvalue weighted by Gasteiger charge is 2.72. The molecule has 0 aromatic heterocycles. The second kappa shape index (κ2) is 31.5. The van der Waals surface area contributed by atoms with Gasteiger partial charge in [-0.05, 0) is 83.0 Å². The minimum absolute atomic E-state index is 0.0745. The Morgan fingerprint density at radius 1 is 0.480 bits per heavy atom. The van der Waals surface area contributed by atoms with Crippen LogP contribution in [0.25, 0.3) is 0 Å². The zero-order valence-corrected chi connectivity index (χ0v) is 57.0. The van der Waals surface area contributed by atoms with Crippen LogP contribution in [0.15, 0.2) is 11.6 Å². The van der Waals surface area contributed by atoms with Gasteiger partial charge in [0.15, 0.2) is 37.7 Å². The Kier molecular flexibility index (Phi) is 25.5. The summed E-state index contributed by atoms with van der Waals surface area (Å²) in [6.45, 7) is 8.16. The summed E-state index contributed by atoms with van der Waals surface area (Å²) in [4.78, 5) is 0. The summed E-state index contributed by atoms with van der Waals surface area (Å²) in [6.07, 6.45) is -51.0. The molecule has 6 saturated heterocycles. The molecule has 0 spiro atoms. The molecule has 23 N–H and O–H groups in total. The zero-order valence-electron chi connectivity index (χ0n) is 57.0. The number of aliphatic hydroxyl groups excluding tert-OH is 21. The van der Waals surface area contributed by atoms with Crippen molar-refractivity contribution >= 4 is 0 Å². The van der Waals surface area contributed by atoms with Gasteiger partial charge in [0.05, 0.1) is 69.2 Å². The van der Waals surface area contributed by atoms with E-state index in [0.29, 0.717) is 38.5 Å². The van der Waals surface area contributed by atoms with E-state index in [1.807, 2.05) is 34.6 Å². The number of rotatable bonds is 23. The maximum Gasteiger partial charge on any atom is 0.187 e. The minimum Gasteiger partial charge on any atom is -0.394 e. The highest BCUT2D eigenvalue weighted by atomic mass is 16.8. The van der Waals surface area contributed by atoms with E-state index < -0.39 is 276 Å². The molecule has 2 unspecified atom stereocenters. The van der Waals surface area contributed by atoms with Crippen LogP contribution in [0.4, 0.5) is 0 Å². The van der Waals surface area contributed by atoms with Gasteiger partial charge >= 0.3 is 0 Å². The largest absolute Gasteiger partial charge is 0.394 e. The molecule has 40 atom stereocenters. The second-order valence-corrected chi connectivity index (χ2v) is 31.0. The van der Waals surface area contributed by atoms with Crippen molar-refractivity contribution in [3.05, 3.63) is 11.6 Å². The van der Waals surface area contributed by atoms with Crippen LogP contribution in [0.3, 0.4) is 0 Å². The van der Waals surface area contributed by atoms with Crippen molar-refractivity contribution in [3.63, 3.8) is 0 Å². The molecule has 10 aliphatic rings. The lowest BCUT2D eigenvalue weighted by molar-refractivity contribution is -0.380. The fraction of sp³-hybridized carbons (Fsp3) is 0.969. The first-order valence-electron chi connectivity index (χ1n) is 34.8. The van der Waals surface area contributed by atoms with E-state index in [-0.39, 0.29) is 30.6 Å². The topological polar surface area (TPSA) is 576 Å². The van der Waals surface area contributed by atoms with Gasteiger partial charge in [-0.25, -0.2) is 0 Å². The van der Waals surface area contributed by atoms with Crippen molar-refractivity contribution in [3.8, 4) is 0 Å². The molecule has 3 saturated carbocycles. The predicted octanol–water partition coefficient (Wildman–Crippen LogP) is -8.86. The molecule has 6 aliphatic heterocycles. The van der Waals surface area contributed by atoms with E-state index in [4.69, 9.17) is 56.8 Å². The van der Waals surface area contributed by atoms with Crippen LogP contribution in [0.1, 0.15) is 99.8 Å². The van der Waals surface area contributed by atoms with E-state index in [1.54, 1.807) is 0 Å². The number of fused-ring (bicyclic) bond motifs is 5. The Balaban J connectivity index is 0.812. The van der Waals surface area contributed by atoms with Crippen LogP contribution in [0.2, 0.25) is 0 Å². The molecular weight excluding hydrogens is 1340 g/mol. The predicted molar refractivity (Wildman–Crippen MR) is 330 cm³/mol. The molecule has 0 aromatic rings. The van der Waals surface area contributed by atoms with Gasteiger partial charge < -0.3 is 174 Å². The molecule has 0 radical (unpaired) electrons. The Morgan fingerprint density at radius 2 is 0.880 bits per heavy atom. The smallest absolute Gasteiger partial charge is 0.187 e. The molecule has 100 heavy (non-hydrogen) atoms. The minimum atomic E-state index is -2.00. The van der Waals surface area contributed by atoms with E-state index in [1.165, 1.54) is 13.8 Å². The lowest BCUT2D eigenvalue weighted by atomic mass is 9.41. The summed E-state index contributed by atoms with van der Waals surface area (Å²) in [6, 6.07) is 0. The third-order valence-corrected chi connectivity index (χ3v) is 24.3. The summed E-state index contributed by atoms with van der Waals surface area (Å²) in [7, 11) is 0. The SMILES string of the molecule is C[C@H](CC[C@@H](O[C@@H]1O[C@H](CO[C@@H]2O[C@H](CO)[C@@H](O)[C@H](O)[C@H]2O)[C@@H](O)[C@H](O)[C@H]1O[C@@H]1O[C@H](CO)[C@@H](O)[C@H](O)[C@H]1O)C(C)(C)O)C1CC[C@@]2(O)[C@H]3CC=C4[C@@H](CC[C@H](O[C@@H]5O[C@H](CO[C@@H]6O[C@H](CO)[C@@H](O)[C@H](O)[C@H]6OC6O[C@H](CO)[C@@H](O)[C@H](O)[C@H]6O)[C@@H](O)[C@H](O)[C@H]5O)C4(C)C)[C@]3(C)[C@H](O)C[C@]12C. The lowest BCUT2D eigenvalue weighted by Crippen LogP contribution is -2.68. The summed E-state index contributed by atoms with van der Waals surface area (Å²) in [5.41, 5.74) is -4.72. The molecule has 4 aliphatic carbocycles. The standard InChI is InChI=1S/C65H110O35/c1-23(8-12-36(62(4,5)87)98-60-54(100-58-52(86)45(79)39(73)29(19-68)93-58)48(82)42(76)32(96-60)21-89-55-49(83)43(77)37(71)27(17-66)91-55)24-14-15-65(88)33-11-9-25-26(64(33,7)34(70)16-63(24,65)6)10-13-35(61(25,2)3)97-56-50(84)46(80)41(75)31(95-56)22-90-59-53(47(81)40(74)30(20-69)94-59)99-57-51(85)44(78)38(72)28(18-67)92-57/h9,23-24,26-60,66-88H,8,10-22H2,1-7H3/t23-,24?,26-,27-,28-,29-,30-,31-,32-,33+,34-,35+,36-,37-,38-,39-,40-,41-,42-,43+,44+,45+,46+,47+,48+,49-,50-,51-,52-,53-,54-,55-,56+,57?,58+,59-,60+,63-,64+,65-/m1/s1. The molecule has 35 heteroatoms. The number of aliphatic hydroxyl groups is 23. The first-order valence-corrected chi connectivity index (χ1v) is 34.8. The Hall–Kier alpha value is -1.66. The van der Waals surface area contributed by atoms with Crippen molar-refractivity contribution in [2.45, 2.75) is 314 Å². The fourth-order valence-corrected chi connectivity index (χ4v) is 18.0. The second-order valence-electron chi connectivity index (χ2n) is 31.0. The van der Waals surface area contributed by atoms with Gasteiger partial charge in [0.1, 0.15) is 146 Å². The van der Waals surface area contributed by atoms with Crippen molar-refractivity contribution in [1.82, 2.24) is 0 Å². The molecule has 6 heterocycles. The summed E-state index contributed by atoms with van der Waals surface area (Å²) in [5.74, 6) is -1.21. The van der Waals surface area contributed by atoms with Gasteiger partial charge in [-0.1, -0.05) is 46.3 Å². The first kappa shape index (κ1) is 80.9. The van der Waals surface area contributed by atoms with Crippen molar-refractivity contribution in [1.29, 1.82) is 0 Å². The lowest BCUT2D eigenvalue weighted by Gasteiger charge is -2.66. The van der Waals surface area contributed by atoms with Gasteiger partial charge in [0.25, 0.3) is 0 Å². The summed E-state index contributed by atoms with van der Waals surface area (Å²) in [5, 5.41) is 252. The number of ether oxygens (including phenoxy) is 12. The van der Waals surface area contributed by atoms with Crippen LogP contribution in [-0.4, -0.2) is 371 Å². The van der Waals surface area contributed by atoms with Gasteiger partial charge in [-0.2, -0.15) is 0 Å². The van der Waals surface area contributed by atoms with Gasteiger partial charge in [-0.3, -0.25) is 0 Å². The quantitative estimate of drug-likeness (QED) is 0.0423. The Bertz CT molecular complexity index is 2670. The maximum atomic E-state index is 13.5. The highest BCUT2D eigenvalue weighted by Crippen LogP contribution is 2.72. The highest BCUT2D eigenvalue weighted by molar-refractivity contribution is 5.33. The van der Waals surface area contributed by atoms with Crippen LogP contribution in [0.5, 0.6) is 0 Å². The van der Waals surface area contributed by atoms with E-state index >= 15 is 0 Å². The van der Waals surface area contributed by atoms with E-state index in [2.05, 4.69) is 6.08 Å². The molecule has 0 bridgehead atoms. The fourth-order valence-electron chi connectivity index (χ4n) is 18.0. The molecular formula is C65H110O35. The van der Waals surface area contributed by atoms with Crippen LogP contribution >= 0.6 is 0 Å². The van der Waals surface area contributed by atoms with E-state index in [9.17, 15) is 117 Å². The molecule has 35 nitrogen and oxygen atoms in total.